The molecule has 3 heterocycles. The molecule has 4 rings (SSSR count). The second kappa shape index (κ2) is 10.8. The van der Waals surface area contributed by atoms with Crippen LogP contribution in [0.3, 0.4) is 0 Å². The van der Waals surface area contributed by atoms with Gasteiger partial charge in [0.25, 0.3) is 0 Å². The van der Waals surface area contributed by atoms with Crippen LogP contribution in [0.5, 0.6) is 0 Å². The lowest BCUT2D eigenvalue weighted by Crippen LogP contribution is -2.49. The standard InChI is InChI=1S/C22H27FN6O4S/c1-15(30)25-11-17-13-29(22(32)33-17)16-2-3-19(18(23)10-16)28-7-5-27(6-8-28)14-20(31)26-12-21-24-4-9-34-21/h2-4,9-10,17H,5-8,11-14H2,1H3,(H,25,30)(H,26,31)/t17-/m0/s1. The van der Waals surface area contributed by atoms with Crippen molar-refractivity contribution < 1.29 is 23.5 Å². The van der Waals surface area contributed by atoms with Crippen molar-refractivity contribution in [1.29, 1.82) is 0 Å². The van der Waals surface area contributed by atoms with E-state index in [1.807, 2.05) is 15.2 Å². The maximum Gasteiger partial charge on any atom is 0.414 e. The maximum atomic E-state index is 14.9. The Hall–Kier alpha value is -3.25. The summed E-state index contributed by atoms with van der Waals surface area (Å²) in [7, 11) is 0. The normalized spacial score (nSPS) is 18.6. The van der Waals surface area contributed by atoms with Crippen LogP contribution in [0.15, 0.2) is 29.8 Å². The van der Waals surface area contributed by atoms with Gasteiger partial charge in [-0.2, -0.15) is 0 Å². The monoisotopic (exact) mass is 490 g/mol. The van der Waals surface area contributed by atoms with Gasteiger partial charge in [0.15, 0.2) is 0 Å². The number of nitrogens with zero attached hydrogens (tertiary/aromatic N) is 4. The van der Waals surface area contributed by atoms with Gasteiger partial charge in [-0.3, -0.25) is 19.4 Å². The van der Waals surface area contributed by atoms with Crippen LogP contribution in [0, 0.1) is 5.82 Å². The molecule has 2 fully saturated rings. The molecule has 1 aromatic carbocycles. The molecule has 0 aliphatic carbocycles. The lowest BCUT2D eigenvalue weighted by Gasteiger charge is -2.36. The number of carbonyl (C=O) groups excluding carboxylic acids is 3. The number of anilines is 2. The van der Waals surface area contributed by atoms with E-state index in [0.717, 1.165) is 5.01 Å². The van der Waals surface area contributed by atoms with Gasteiger partial charge in [0, 0.05) is 44.7 Å². The van der Waals surface area contributed by atoms with Gasteiger partial charge >= 0.3 is 6.09 Å². The zero-order valence-corrected chi connectivity index (χ0v) is 19.6. The Balaban J connectivity index is 1.27. The highest BCUT2D eigenvalue weighted by Gasteiger charge is 2.33. The van der Waals surface area contributed by atoms with Gasteiger partial charge in [-0.05, 0) is 18.2 Å². The number of benzene rings is 1. The number of thiazole rings is 1. The summed E-state index contributed by atoms with van der Waals surface area (Å²) in [6, 6.07) is 4.68. The molecule has 2 aromatic rings. The molecular formula is C22H27FN6O4S. The molecule has 0 radical (unpaired) electrons. The van der Waals surface area contributed by atoms with Crippen LogP contribution in [-0.4, -0.2) is 79.7 Å². The Morgan fingerprint density at radius 1 is 1.24 bits per heavy atom. The van der Waals surface area contributed by atoms with Gasteiger partial charge < -0.3 is 20.3 Å². The van der Waals surface area contributed by atoms with E-state index < -0.39 is 18.0 Å². The summed E-state index contributed by atoms with van der Waals surface area (Å²) in [6.07, 6.45) is 0.661. The molecule has 2 aliphatic rings. The second-order valence-electron chi connectivity index (χ2n) is 8.15. The summed E-state index contributed by atoms with van der Waals surface area (Å²) >= 11 is 1.50. The van der Waals surface area contributed by atoms with Crippen LogP contribution in [0.25, 0.3) is 0 Å². The van der Waals surface area contributed by atoms with Crippen molar-refractivity contribution in [2.24, 2.45) is 0 Å². The van der Waals surface area contributed by atoms with Crippen LogP contribution in [0.1, 0.15) is 11.9 Å². The van der Waals surface area contributed by atoms with Crippen LogP contribution in [0.2, 0.25) is 0 Å². The van der Waals surface area contributed by atoms with Crippen molar-refractivity contribution in [2.45, 2.75) is 19.6 Å². The molecule has 0 saturated carbocycles. The van der Waals surface area contributed by atoms with Crippen molar-refractivity contribution in [3.8, 4) is 0 Å². The van der Waals surface area contributed by atoms with E-state index in [4.69, 9.17) is 4.74 Å². The number of aromatic nitrogens is 1. The number of carbonyl (C=O) groups is 3. The molecule has 2 aliphatic heterocycles. The van der Waals surface area contributed by atoms with E-state index >= 15 is 0 Å². The predicted octanol–water partition coefficient (Wildman–Crippen LogP) is 1.18. The first-order valence-corrected chi connectivity index (χ1v) is 11.9. The molecule has 34 heavy (non-hydrogen) atoms. The quantitative estimate of drug-likeness (QED) is 0.572. The Morgan fingerprint density at radius 3 is 2.71 bits per heavy atom. The lowest BCUT2D eigenvalue weighted by molar-refractivity contribution is -0.122. The first kappa shape index (κ1) is 23.9. The van der Waals surface area contributed by atoms with E-state index in [1.165, 1.54) is 29.2 Å². The minimum Gasteiger partial charge on any atom is -0.442 e. The average Bonchev–Trinajstić information content (AvgIpc) is 3.46. The zero-order chi connectivity index (χ0) is 24.1. The number of ether oxygens (including phenoxy) is 1. The second-order valence-corrected chi connectivity index (χ2v) is 9.13. The third kappa shape index (κ3) is 6.00. The number of halogens is 1. The highest BCUT2D eigenvalue weighted by atomic mass is 32.1. The van der Waals surface area contributed by atoms with E-state index in [1.54, 1.807) is 18.3 Å². The number of hydrogen-bond acceptors (Lipinski definition) is 8. The minimum absolute atomic E-state index is 0.0616. The summed E-state index contributed by atoms with van der Waals surface area (Å²) in [5.74, 6) is -0.694. The van der Waals surface area contributed by atoms with Crippen LogP contribution in [-0.2, 0) is 20.9 Å². The van der Waals surface area contributed by atoms with Gasteiger partial charge in [0.1, 0.15) is 16.9 Å². The SMILES string of the molecule is CC(=O)NC[C@H]1CN(c2ccc(N3CCN(CC(=O)NCc4nccs4)CC3)c(F)c2)C(=O)O1. The summed E-state index contributed by atoms with van der Waals surface area (Å²) in [5.41, 5.74) is 0.867. The van der Waals surface area contributed by atoms with E-state index in [9.17, 15) is 18.8 Å². The maximum absolute atomic E-state index is 14.9. The lowest BCUT2D eigenvalue weighted by atomic mass is 10.2. The first-order chi connectivity index (χ1) is 16.4. The largest absolute Gasteiger partial charge is 0.442 e. The topological polar surface area (TPSA) is 107 Å². The first-order valence-electron chi connectivity index (χ1n) is 11.0. The minimum atomic E-state index is -0.566. The van der Waals surface area contributed by atoms with Gasteiger partial charge in [0.05, 0.1) is 37.6 Å². The molecule has 1 atom stereocenters. The number of hydrogen-bond donors (Lipinski definition) is 2. The third-order valence-corrected chi connectivity index (χ3v) is 6.48. The van der Waals surface area contributed by atoms with Crippen molar-refractivity contribution in [1.82, 2.24) is 20.5 Å². The number of nitrogens with one attached hydrogen (secondary N) is 2. The van der Waals surface area contributed by atoms with Crippen molar-refractivity contribution in [3.05, 3.63) is 40.6 Å². The molecule has 2 saturated heterocycles. The smallest absolute Gasteiger partial charge is 0.414 e. The Bertz CT molecular complexity index is 1030. The molecule has 10 nitrogen and oxygen atoms in total. The van der Waals surface area contributed by atoms with Crippen LogP contribution >= 0.6 is 11.3 Å². The van der Waals surface area contributed by atoms with Crippen LogP contribution < -0.4 is 20.4 Å². The summed E-state index contributed by atoms with van der Waals surface area (Å²) < 4.78 is 20.2. The fourth-order valence-electron chi connectivity index (χ4n) is 3.94. The molecule has 12 heteroatoms. The van der Waals surface area contributed by atoms with Crippen molar-refractivity contribution in [3.63, 3.8) is 0 Å². The predicted molar refractivity (Wildman–Crippen MR) is 125 cm³/mol. The Labute approximate surface area is 200 Å². The van der Waals surface area contributed by atoms with Gasteiger partial charge in [-0.15, -0.1) is 11.3 Å². The van der Waals surface area contributed by atoms with Gasteiger partial charge in [0.2, 0.25) is 11.8 Å². The van der Waals surface area contributed by atoms with Crippen molar-refractivity contribution in [2.75, 3.05) is 55.6 Å². The summed E-state index contributed by atoms with van der Waals surface area (Å²) in [5, 5.41) is 8.22. The van der Waals surface area contributed by atoms with E-state index in [-0.39, 0.29) is 31.4 Å². The van der Waals surface area contributed by atoms with Crippen LogP contribution in [0.4, 0.5) is 20.6 Å². The Kier molecular flexibility index (Phi) is 7.58. The third-order valence-electron chi connectivity index (χ3n) is 5.70. The fourth-order valence-corrected chi connectivity index (χ4v) is 4.49. The van der Waals surface area contributed by atoms with E-state index in [0.29, 0.717) is 44.1 Å². The molecule has 0 unspecified atom stereocenters. The number of cyclic esters (lactones) is 1. The molecule has 2 N–H and O–H groups in total. The fraction of sp³-hybridized carbons (Fsp3) is 0.455. The zero-order valence-electron chi connectivity index (χ0n) is 18.8. The molecule has 0 bridgehead atoms. The molecule has 0 spiro atoms. The molecule has 182 valence electrons. The van der Waals surface area contributed by atoms with E-state index in [2.05, 4.69) is 15.6 Å². The average molecular weight is 491 g/mol. The van der Waals surface area contributed by atoms with Gasteiger partial charge in [-0.1, -0.05) is 0 Å². The Morgan fingerprint density at radius 2 is 2.03 bits per heavy atom. The summed E-state index contributed by atoms with van der Waals surface area (Å²) in [4.78, 5) is 44.9. The highest BCUT2D eigenvalue weighted by Crippen LogP contribution is 2.28. The number of amides is 3. The van der Waals surface area contributed by atoms with Gasteiger partial charge in [-0.25, -0.2) is 14.2 Å². The molecule has 1 aromatic heterocycles. The highest BCUT2D eigenvalue weighted by molar-refractivity contribution is 7.09. The number of piperazine rings is 1. The molecule has 3 amide bonds. The number of rotatable bonds is 8. The molecular weight excluding hydrogens is 463 g/mol. The summed E-state index contributed by atoms with van der Waals surface area (Å²) in [6.45, 7) is 4.99. The van der Waals surface area contributed by atoms with Crippen molar-refractivity contribution >= 4 is 40.6 Å².